The van der Waals surface area contributed by atoms with Crippen LogP contribution in [0.3, 0.4) is 0 Å². The first kappa shape index (κ1) is 13.7. The summed E-state index contributed by atoms with van der Waals surface area (Å²) in [5, 5.41) is 10.3. The summed E-state index contributed by atoms with van der Waals surface area (Å²) in [7, 11) is 0. The zero-order valence-corrected chi connectivity index (χ0v) is 12.0. The average Bonchev–Trinajstić information content (AvgIpc) is 2.38. The lowest BCUT2D eigenvalue weighted by atomic mass is 10.1. The molecule has 0 unspecified atom stereocenters. The monoisotopic (exact) mass is 291 g/mol. The Balaban J connectivity index is 2.40. The second kappa shape index (κ2) is 5.52. The van der Waals surface area contributed by atoms with Crippen LogP contribution in [0.25, 0.3) is 0 Å². The fraction of sp³-hybridized carbons (Fsp3) is 0.133. The van der Waals surface area contributed by atoms with Gasteiger partial charge in [0.15, 0.2) is 0 Å². The molecular weight excluding hydrogens is 281 g/mol. The Kier molecular flexibility index (Phi) is 3.99. The van der Waals surface area contributed by atoms with Gasteiger partial charge in [0.25, 0.3) is 0 Å². The summed E-state index contributed by atoms with van der Waals surface area (Å²) in [4.78, 5) is 0. The Bertz CT molecular complexity index is 651. The molecule has 4 heteroatoms. The van der Waals surface area contributed by atoms with Gasteiger partial charge in [0.2, 0.25) is 0 Å². The predicted octanol–water partition coefficient (Wildman–Crippen LogP) is 5.27. The average molecular weight is 292 g/mol. The van der Waals surface area contributed by atoms with Gasteiger partial charge in [0.1, 0.15) is 17.6 Å². The van der Waals surface area contributed by atoms with Gasteiger partial charge >= 0.3 is 0 Å². The largest absolute Gasteiger partial charge is 0.456 e. The fourth-order valence-corrected chi connectivity index (χ4v) is 2.05. The SMILES string of the molecule is Cc1cc(Oc2ccc(Cl)cc2C#N)cc(C)c1Cl. The number of aryl methyl sites for hydroxylation is 2. The maximum Gasteiger partial charge on any atom is 0.145 e. The Morgan fingerprint density at radius 3 is 2.26 bits per heavy atom. The third kappa shape index (κ3) is 3.01. The van der Waals surface area contributed by atoms with Crippen molar-refractivity contribution >= 4 is 23.2 Å². The second-order valence-corrected chi connectivity index (χ2v) is 5.04. The quantitative estimate of drug-likeness (QED) is 0.755. The Morgan fingerprint density at radius 2 is 1.68 bits per heavy atom. The first-order chi connectivity index (χ1) is 9.01. The minimum Gasteiger partial charge on any atom is -0.456 e. The molecule has 96 valence electrons. The molecule has 0 aliphatic heterocycles. The summed E-state index contributed by atoms with van der Waals surface area (Å²) in [6, 6.07) is 10.7. The van der Waals surface area contributed by atoms with E-state index in [1.165, 1.54) is 0 Å². The molecule has 0 spiro atoms. The van der Waals surface area contributed by atoms with Gasteiger partial charge in [0.05, 0.1) is 5.56 Å². The first-order valence-electron chi connectivity index (χ1n) is 5.65. The molecule has 2 aromatic rings. The summed E-state index contributed by atoms with van der Waals surface area (Å²) in [5.41, 5.74) is 2.27. The van der Waals surface area contributed by atoms with Crippen LogP contribution in [-0.4, -0.2) is 0 Å². The number of hydrogen-bond acceptors (Lipinski definition) is 2. The van der Waals surface area contributed by atoms with Crippen molar-refractivity contribution in [3.8, 4) is 17.6 Å². The summed E-state index contributed by atoms with van der Waals surface area (Å²) in [6.45, 7) is 3.82. The lowest BCUT2D eigenvalue weighted by molar-refractivity contribution is 0.480. The molecular formula is C15H11Cl2NO. The molecule has 0 N–H and O–H groups in total. The van der Waals surface area contributed by atoms with E-state index in [0.29, 0.717) is 22.1 Å². The van der Waals surface area contributed by atoms with E-state index in [4.69, 9.17) is 33.2 Å². The number of hydrogen-bond donors (Lipinski definition) is 0. The van der Waals surface area contributed by atoms with E-state index in [0.717, 1.165) is 16.1 Å². The number of benzene rings is 2. The maximum atomic E-state index is 9.06. The van der Waals surface area contributed by atoms with Crippen molar-refractivity contribution in [1.29, 1.82) is 5.26 Å². The number of nitrogens with zero attached hydrogens (tertiary/aromatic N) is 1. The van der Waals surface area contributed by atoms with Crippen molar-refractivity contribution in [3.05, 3.63) is 57.1 Å². The lowest BCUT2D eigenvalue weighted by Crippen LogP contribution is -1.91. The van der Waals surface area contributed by atoms with Crippen LogP contribution in [0.5, 0.6) is 11.5 Å². The summed E-state index contributed by atoms with van der Waals surface area (Å²) in [5.74, 6) is 1.13. The predicted molar refractivity (Wildman–Crippen MR) is 77.2 cm³/mol. The van der Waals surface area contributed by atoms with E-state index in [1.807, 2.05) is 26.0 Å². The van der Waals surface area contributed by atoms with Gasteiger partial charge in [-0.15, -0.1) is 0 Å². The van der Waals surface area contributed by atoms with Crippen molar-refractivity contribution < 1.29 is 4.74 Å². The second-order valence-electron chi connectivity index (χ2n) is 4.23. The summed E-state index contributed by atoms with van der Waals surface area (Å²) < 4.78 is 5.73. The number of halogens is 2. The Labute approximate surface area is 122 Å². The molecule has 19 heavy (non-hydrogen) atoms. The Morgan fingerprint density at radius 1 is 1.05 bits per heavy atom. The van der Waals surface area contributed by atoms with Crippen molar-refractivity contribution in [1.82, 2.24) is 0 Å². The fourth-order valence-electron chi connectivity index (χ4n) is 1.77. The van der Waals surface area contributed by atoms with E-state index in [9.17, 15) is 0 Å². The number of ether oxygens (including phenoxy) is 1. The van der Waals surface area contributed by atoms with Gasteiger partial charge in [-0.3, -0.25) is 0 Å². The van der Waals surface area contributed by atoms with Crippen LogP contribution in [0, 0.1) is 25.2 Å². The minimum atomic E-state index is 0.401. The summed E-state index contributed by atoms with van der Waals surface area (Å²) in [6.07, 6.45) is 0. The van der Waals surface area contributed by atoms with Crippen LogP contribution in [0.15, 0.2) is 30.3 Å². The highest BCUT2D eigenvalue weighted by Gasteiger charge is 2.08. The van der Waals surface area contributed by atoms with E-state index in [2.05, 4.69) is 6.07 Å². The van der Waals surface area contributed by atoms with Crippen LogP contribution in [-0.2, 0) is 0 Å². The molecule has 0 saturated carbocycles. The van der Waals surface area contributed by atoms with E-state index >= 15 is 0 Å². The van der Waals surface area contributed by atoms with Gasteiger partial charge in [0, 0.05) is 10.0 Å². The van der Waals surface area contributed by atoms with Crippen LogP contribution in [0.2, 0.25) is 10.0 Å². The van der Waals surface area contributed by atoms with Crippen molar-refractivity contribution in [3.63, 3.8) is 0 Å². The van der Waals surface area contributed by atoms with Gasteiger partial charge in [-0.1, -0.05) is 23.2 Å². The molecule has 2 aromatic carbocycles. The van der Waals surface area contributed by atoms with Crippen LogP contribution in [0.4, 0.5) is 0 Å². The highest BCUT2D eigenvalue weighted by molar-refractivity contribution is 6.32. The van der Waals surface area contributed by atoms with Crippen LogP contribution >= 0.6 is 23.2 Å². The standard InChI is InChI=1S/C15H11Cl2NO/c1-9-5-13(6-10(2)15(9)17)19-14-4-3-12(16)7-11(14)8-18/h3-7H,1-2H3. The molecule has 0 aliphatic carbocycles. The lowest BCUT2D eigenvalue weighted by Gasteiger charge is -2.10. The molecule has 2 rings (SSSR count). The third-order valence-electron chi connectivity index (χ3n) is 2.70. The molecule has 0 fully saturated rings. The van der Waals surface area contributed by atoms with E-state index in [-0.39, 0.29) is 0 Å². The first-order valence-corrected chi connectivity index (χ1v) is 6.41. The summed E-state index contributed by atoms with van der Waals surface area (Å²) >= 11 is 12.0. The molecule has 0 aromatic heterocycles. The molecule has 2 nitrogen and oxygen atoms in total. The normalized spacial score (nSPS) is 10.1. The molecule has 0 radical (unpaired) electrons. The van der Waals surface area contributed by atoms with Gasteiger partial charge in [-0.05, 0) is 55.3 Å². The minimum absolute atomic E-state index is 0.401. The molecule has 0 aliphatic rings. The van der Waals surface area contributed by atoms with Crippen LogP contribution < -0.4 is 4.74 Å². The zero-order chi connectivity index (χ0) is 14.0. The number of nitriles is 1. The Hall–Kier alpha value is -1.69. The van der Waals surface area contributed by atoms with Crippen molar-refractivity contribution in [2.75, 3.05) is 0 Å². The van der Waals surface area contributed by atoms with Gasteiger partial charge in [-0.25, -0.2) is 0 Å². The van der Waals surface area contributed by atoms with E-state index in [1.54, 1.807) is 18.2 Å². The molecule has 0 atom stereocenters. The number of rotatable bonds is 2. The maximum absolute atomic E-state index is 9.06. The molecule has 0 saturated heterocycles. The topological polar surface area (TPSA) is 33.0 Å². The molecule has 0 amide bonds. The van der Waals surface area contributed by atoms with Crippen molar-refractivity contribution in [2.24, 2.45) is 0 Å². The van der Waals surface area contributed by atoms with Gasteiger partial charge in [-0.2, -0.15) is 5.26 Å². The van der Waals surface area contributed by atoms with E-state index < -0.39 is 0 Å². The van der Waals surface area contributed by atoms with Crippen LogP contribution in [0.1, 0.15) is 16.7 Å². The highest BCUT2D eigenvalue weighted by Crippen LogP contribution is 2.31. The highest BCUT2D eigenvalue weighted by atomic mass is 35.5. The zero-order valence-electron chi connectivity index (χ0n) is 10.5. The van der Waals surface area contributed by atoms with Crippen molar-refractivity contribution in [2.45, 2.75) is 13.8 Å². The smallest absolute Gasteiger partial charge is 0.145 e. The van der Waals surface area contributed by atoms with Gasteiger partial charge < -0.3 is 4.74 Å². The molecule has 0 heterocycles. The third-order valence-corrected chi connectivity index (χ3v) is 3.53. The molecule has 0 bridgehead atoms.